The van der Waals surface area contributed by atoms with E-state index >= 15 is 0 Å². The van der Waals surface area contributed by atoms with E-state index in [1.165, 1.54) is 44.4 Å². The summed E-state index contributed by atoms with van der Waals surface area (Å²) in [5.41, 5.74) is 0. The van der Waals surface area contributed by atoms with Gasteiger partial charge in [0.15, 0.2) is 0 Å². The van der Waals surface area contributed by atoms with Gasteiger partial charge in [0.05, 0.1) is 0 Å². The van der Waals surface area contributed by atoms with Crippen molar-refractivity contribution in [2.24, 2.45) is 0 Å². The smallest absolute Gasteiger partial charge is 0.00524 e. The average molecular weight is 347 g/mol. The molecule has 0 fully saturated rings. The van der Waals surface area contributed by atoms with Crippen molar-refractivity contribution < 1.29 is 0 Å². The maximum atomic E-state index is 3.19. The van der Waals surface area contributed by atoms with Crippen LogP contribution in [0.1, 0.15) is 32.1 Å². The first-order valence-corrected chi connectivity index (χ1v) is 10.1. The van der Waals surface area contributed by atoms with E-state index < -0.39 is 0 Å². The summed E-state index contributed by atoms with van der Waals surface area (Å²) in [4.78, 5) is 0. The number of nitrogens with one attached hydrogen (secondary N) is 1. The summed E-state index contributed by atoms with van der Waals surface area (Å²) in [6, 6.07) is 0. The lowest BCUT2D eigenvalue weighted by molar-refractivity contribution is 0.601. The van der Waals surface area contributed by atoms with E-state index in [0.29, 0.717) is 0 Å². The second kappa shape index (κ2) is 12.5. The summed E-state index contributed by atoms with van der Waals surface area (Å²) in [6.07, 6.45) is 9.14. The molecule has 0 aliphatic carbocycles. The maximum Gasteiger partial charge on any atom is 0.00524 e. The van der Waals surface area contributed by atoms with E-state index in [4.69, 9.17) is 0 Å². The fourth-order valence-corrected chi connectivity index (χ4v) is 3.45. The molecule has 0 unspecified atom stereocenters. The van der Waals surface area contributed by atoms with Crippen molar-refractivity contribution in [3.63, 3.8) is 0 Å². The van der Waals surface area contributed by atoms with Gasteiger partial charge in [0.25, 0.3) is 0 Å². The van der Waals surface area contributed by atoms with Crippen molar-refractivity contribution in [1.29, 1.82) is 0 Å². The van der Waals surface area contributed by atoms with Gasteiger partial charge in [-0.25, -0.2) is 0 Å². The molecular formula is C10H22INS2. The third-order valence-electron chi connectivity index (χ3n) is 2.30. The van der Waals surface area contributed by atoms with E-state index in [-0.39, 0.29) is 0 Å². The van der Waals surface area contributed by atoms with Crippen LogP contribution < -0.4 is 5.32 Å². The lowest BCUT2D eigenvalue weighted by Gasteiger charge is -2.12. The van der Waals surface area contributed by atoms with Crippen molar-refractivity contribution in [3.05, 3.63) is 0 Å². The molecule has 14 heavy (non-hydrogen) atoms. The standard InChI is InChI=1S/C10H22INS2/c1-12-8-5-3-4-6-10(13-2)7-9-14-11/h10,12H,3-9H2,1-2H3/t10-/m0/s1. The number of unbranched alkanes of at least 4 members (excludes halogenated alkanes) is 2. The van der Waals surface area contributed by atoms with Crippen molar-refractivity contribution in [3.8, 4) is 0 Å². The van der Waals surface area contributed by atoms with E-state index in [1.54, 1.807) is 0 Å². The number of rotatable bonds is 10. The lowest BCUT2D eigenvalue weighted by Crippen LogP contribution is -2.08. The molecule has 0 aromatic heterocycles. The fourth-order valence-electron chi connectivity index (χ4n) is 1.41. The summed E-state index contributed by atoms with van der Waals surface area (Å²) in [5, 5.41) is 4.09. The molecule has 0 rings (SSSR count). The summed E-state index contributed by atoms with van der Waals surface area (Å²) < 4.78 is 0. The molecule has 0 bridgehead atoms. The monoisotopic (exact) mass is 347 g/mol. The van der Waals surface area contributed by atoms with Gasteiger partial charge in [0, 0.05) is 11.0 Å². The molecule has 0 aromatic rings. The van der Waals surface area contributed by atoms with Crippen molar-refractivity contribution in [2.75, 3.05) is 25.6 Å². The van der Waals surface area contributed by atoms with E-state index in [9.17, 15) is 0 Å². The molecule has 0 aliphatic rings. The predicted molar refractivity (Wildman–Crippen MR) is 80.8 cm³/mol. The molecule has 86 valence electrons. The molecule has 1 N–H and O–H groups in total. The first-order chi connectivity index (χ1) is 6.85. The van der Waals surface area contributed by atoms with Crippen LogP contribution in [0.2, 0.25) is 0 Å². The Kier molecular flexibility index (Phi) is 13.7. The molecule has 0 aliphatic heterocycles. The highest BCUT2D eigenvalue weighted by Crippen LogP contribution is 2.22. The molecular weight excluding hydrogens is 325 g/mol. The van der Waals surface area contributed by atoms with E-state index in [0.717, 1.165) is 5.25 Å². The molecule has 0 saturated carbocycles. The van der Waals surface area contributed by atoms with E-state index in [1.807, 2.05) is 27.7 Å². The normalized spacial score (nSPS) is 13.1. The van der Waals surface area contributed by atoms with Crippen LogP contribution in [-0.4, -0.2) is 30.9 Å². The molecule has 0 radical (unpaired) electrons. The number of halogens is 1. The Labute approximate surface area is 110 Å². The van der Waals surface area contributed by atoms with Crippen LogP contribution in [0.5, 0.6) is 0 Å². The van der Waals surface area contributed by atoms with Crippen LogP contribution in [0.4, 0.5) is 0 Å². The lowest BCUT2D eigenvalue weighted by atomic mass is 10.1. The minimum atomic E-state index is 0.895. The second-order valence-electron chi connectivity index (χ2n) is 3.41. The van der Waals surface area contributed by atoms with Crippen LogP contribution in [0.25, 0.3) is 0 Å². The Balaban J connectivity index is 3.24. The molecule has 0 spiro atoms. The van der Waals surface area contributed by atoms with Crippen LogP contribution in [0.15, 0.2) is 0 Å². The molecule has 0 saturated heterocycles. The first-order valence-electron chi connectivity index (χ1n) is 5.26. The Hall–Kier alpha value is 1.39. The van der Waals surface area contributed by atoms with Gasteiger partial charge in [0.1, 0.15) is 0 Å². The third-order valence-corrected chi connectivity index (χ3v) is 5.15. The number of hydrogen-bond donors (Lipinski definition) is 1. The van der Waals surface area contributed by atoms with Gasteiger partial charge in [-0.2, -0.15) is 11.8 Å². The zero-order valence-corrected chi connectivity index (χ0v) is 13.0. The molecule has 0 aromatic carbocycles. The SMILES string of the molecule is CNCCCCC[C@@H](CCSI)SC. The van der Waals surface area contributed by atoms with Crippen LogP contribution in [0, 0.1) is 0 Å². The second-order valence-corrected chi connectivity index (χ2v) is 7.05. The Bertz CT molecular complexity index is 114. The zero-order valence-electron chi connectivity index (χ0n) is 9.22. The van der Waals surface area contributed by atoms with Gasteiger partial charge in [-0.05, 0) is 60.3 Å². The molecule has 0 amide bonds. The maximum absolute atomic E-state index is 3.19. The molecule has 1 atom stereocenters. The molecule has 0 heterocycles. The predicted octanol–water partition coefficient (Wildman–Crippen LogP) is 3.97. The van der Waals surface area contributed by atoms with Crippen LogP contribution in [0.3, 0.4) is 0 Å². The minimum Gasteiger partial charge on any atom is -0.320 e. The van der Waals surface area contributed by atoms with Crippen LogP contribution in [-0.2, 0) is 0 Å². The quantitative estimate of drug-likeness (QED) is 0.474. The molecule has 4 heteroatoms. The van der Waals surface area contributed by atoms with Crippen molar-refractivity contribution in [2.45, 2.75) is 37.4 Å². The summed E-state index contributed by atoms with van der Waals surface area (Å²) in [5.74, 6) is 1.31. The van der Waals surface area contributed by atoms with Crippen LogP contribution >= 0.6 is 41.9 Å². The third kappa shape index (κ3) is 9.93. The highest BCUT2D eigenvalue weighted by Gasteiger charge is 2.05. The average Bonchev–Trinajstić information content (AvgIpc) is 2.22. The number of hydrogen-bond acceptors (Lipinski definition) is 3. The van der Waals surface area contributed by atoms with Gasteiger partial charge in [-0.1, -0.05) is 21.8 Å². The van der Waals surface area contributed by atoms with Crippen molar-refractivity contribution >= 4 is 41.9 Å². The highest BCUT2D eigenvalue weighted by molar-refractivity contribution is 14.2. The summed E-state index contributed by atoms with van der Waals surface area (Å²) >= 11 is 4.43. The van der Waals surface area contributed by atoms with Gasteiger partial charge in [-0.15, -0.1) is 0 Å². The Morgan fingerprint density at radius 2 is 2.00 bits per heavy atom. The van der Waals surface area contributed by atoms with Gasteiger partial charge in [0.2, 0.25) is 0 Å². The fraction of sp³-hybridized carbons (Fsp3) is 1.00. The Morgan fingerprint density at radius 1 is 1.21 bits per heavy atom. The molecule has 1 nitrogen and oxygen atoms in total. The van der Waals surface area contributed by atoms with Gasteiger partial charge < -0.3 is 5.32 Å². The van der Waals surface area contributed by atoms with Gasteiger partial charge >= 0.3 is 0 Å². The largest absolute Gasteiger partial charge is 0.320 e. The summed E-state index contributed by atoms with van der Waals surface area (Å²) in [6.45, 7) is 1.17. The highest BCUT2D eigenvalue weighted by atomic mass is 127. The first kappa shape index (κ1) is 15.4. The zero-order chi connectivity index (χ0) is 10.6. The number of thioether (sulfide) groups is 1. The van der Waals surface area contributed by atoms with E-state index in [2.05, 4.69) is 32.8 Å². The topological polar surface area (TPSA) is 12.0 Å². The Morgan fingerprint density at radius 3 is 2.57 bits per heavy atom. The van der Waals surface area contributed by atoms with Gasteiger partial charge in [-0.3, -0.25) is 0 Å². The van der Waals surface area contributed by atoms with Crippen molar-refractivity contribution in [1.82, 2.24) is 5.32 Å². The summed E-state index contributed by atoms with van der Waals surface area (Å²) in [7, 11) is 3.97. The minimum absolute atomic E-state index is 0.895.